The highest BCUT2D eigenvalue weighted by Gasteiger charge is 2.24. The SMILES string of the molecule is CC(CN(C)CC(=O)N1CCC(Cc2ccccc2)CC1)C(=O)O. The predicted octanol–water partition coefficient (Wildman–Crippen LogP) is 2.12. The van der Waals surface area contributed by atoms with Gasteiger partial charge in [0.15, 0.2) is 0 Å². The lowest BCUT2D eigenvalue weighted by molar-refractivity contribution is -0.142. The first kappa shape index (κ1) is 18.5. The van der Waals surface area contributed by atoms with Gasteiger partial charge >= 0.3 is 5.97 Å². The first-order valence-corrected chi connectivity index (χ1v) is 8.68. The fourth-order valence-electron chi connectivity index (χ4n) is 3.27. The third-order valence-corrected chi connectivity index (χ3v) is 4.75. The Bertz CT molecular complexity index is 539. The number of likely N-dealkylation sites (tertiary alicyclic amines) is 1. The topological polar surface area (TPSA) is 60.9 Å². The maximum Gasteiger partial charge on any atom is 0.307 e. The van der Waals surface area contributed by atoms with Gasteiger partial charge in [-0.3, -0.25) is 14.5 Å². The molecule has 0 radical (unpaired) electrons. The van der Waals surface area contributed by atoms with E-state index in [-0.39, 0.29) is 5.91 Å². The Labute approximate surface area is 144 Å². The van der Waals surface area contributed by atoms with E-state index in [4.69, 9.17) is 5.11 Å². The molecular formula is C19H28N2O3. The Morgan fingerprint density at radius 1 is 1.25 bits per heavy atom. The molecule has 1 saturated heterocycles. The van der Waals surface area contributed by atoms with Crippen LogP contribution in [0.25, 0.3) is 0 Å². The van der Waals surface area contributed by atoms with E-state index in [9.17, 15) is 9.59 Å². The molecule has 1 aliphatic rings. The van der Waals surface area contributed by atoms with Gasteiger partial charge < -0.3 is 10.0 Å². The second-order valence-electron chi connectivity index (χ2n) is 6.95. The van der Waals surface area contributed by atoms with E-state index in [0.29, 0.717) is 19.0 Å². The molecule has 0 saturated carbocycles. The van der Waals surface area contributed by atoms with Crippen LogP contribution < -0.4 is 0 Å². The number of nitrogens with zero attached hydrogens (tertiary/aromatic N) is 2. The summed E-state index contributed by atoms with van der Waals surface area (Å²) in [4.78, 5) is 27.0. The van der Waals surface area contributed by atoms with Gasteiger partial charge in [0, 0.05) is 19.6 Å². The highest BCUT2D eigenvalue weighted by molar-refractivity contribution is 5.78. The van der Waals surface area contributed by atoms with Crippen LogP contribution in [0.4, 0.5) is 0 Å². The number of piperidine rings is 1. The molecule has 132 valence electrons. The Morgan fingerprint density at radius 2 is 1.88 bits per heavy atom. The summed E-state index contributed by atoms with van der Waals surface area (Å²) in [7, 11) is 1.81. The Balaban J connectivity index is 1.73. The van der Waals surface area contributed by atoms with E-state index >= 15 is 0 Å². The monoisotopic (exact) mass is 332 g/mol. The molecule has 1 aliphatic heterocycles. The molecule has 24 heavy (non-hydrogen) atoms. The number of carboxylic acids is 1. The number of benzene rings is 1. The zero-order valence-corrected chi connectivity index (χ0v) is 14.6. The van der Waals surface area contributed by atoms with Crippen molar-refractivity contribution in [1.29, 1.82) is 0 Å². The minimum atomic E-state index is -0.823. The molecule has 1 aromatic rings. The van der Waals surface area contributed by atoms with Crippen molar-refractivity contribution in [3.8, 4) is 0 Å². The summed E-state index contributed by atoms with van der Waals surface area (Å²) >= 11 is 0. The summed E-state index contributed by atoms with van der Waals surface area (Å²) in [5.74, 6) is -0.537. The van der Waals surface area contributed by atoms with Gasteiger partial charge in [-0.05, 0) is 37.8 Å². The maximum atomic E-state index is 12.4. The lowest BCUT2D eigenvalue weighted by atomic mass is 9.90. The smallest absolute Gasteiger partial charge is 0.307 e. The number of aliphatic carboxylic acids is 1. The molecular weight excluding hydrogens is 304 g/mol. The number of amides is 1. The Morgan fingerprint density at radius 3 is 2.46 bits per heavy atom. The van der Waals surface area contributed by atoms with Crippen molar-refractivity contribution in [3.05, 3.63) is 35.9 Å². The zero-order chi connectivity index (χ0) is 17.5. The van der Waals surface area contributed by atoms with Gasteiger partial charge in [-0.1, -0.05) is 37.3 Å². The molecule has 1 amide bonds. The van der Waals surface area contributed by atoms with Crippen molar-refractivity contribution in [3.63, 3.8) is 0 Å². The van der Waals surface area contributed by atoms with Crippen molar-refractivity contribution in [2.24, 2.45) is 11.8 Å². The fraction of sp³-hybridized carbons (Fsp3) is 0.579. The van der Waals surface area contributed by atoms with Crippen LogP contribution >= 0.6 is 0 Å². The van der Waals surface area contributed by atoms with Crippen LogP contribution in [0.5, 0.6) is 0 Å². The van der Waals surface area contributed by atoms with E-state index in [2.05, 4.69) is 24.3 Å². The lowest BCUT2D eigenvalue weighted by Gasteiger charge is -2.33. The van der Waals surface area contributed by atoms with Crippen molar-refractivity contribution < 1.29 is 14.7 Å². The number of rotatable bonds is 7. The van der Waals surface area contributed by atoms with E-state index in [1.807, 2.05) is 11.0 Å². The average Bonchev–Trinajstić information content (AvgIpc) is 2.56. The lowest BCUT2D eigenvalue weighted by Crippen LogP contribution is -2.44. The molecule has 1 N–H and O–H groups in total. The third kappa shape index (κ3) is 5.64. The van der Waals surface area contributed by atoms with Gasteiger partial charge in [-0.2, -0.15) is 0 Å². The summed E-state index contributed by atoms with van der Waals surface area (Å²) in [5, 5.41) is 8.94. The molecule has 1 fully saturated rings. The van der Waals surface area contributed by atoms with E-state index in [0.717, 1.165) is 32.4 Å². The van der Waals surface area contributed by atoms with Gasteiger partial charge in [-0.25, -0.2) is 0 Å². The number of hydrogen-bond donors (Lipinski definition) is 1. The van der Waals surface area contributed by atoms with Gasteiger partial charge in [0.1, 0.15) is 0 Å². The van der Waals surface area contributed by atoms with Crippen LogP contribution in [-0.4, -0.2) is 60.0 Å². The van der Waals surface area contributed by atoms with Crippen molar-refractivity contribution in [2.45, 2.75) is 26.2 Å². The molecule has 1 atom stereocenters. The van der Waals surface area contributed by atoms with E-state index < -0.39 is 11.9 Å². The fourth-order valence-corrected chi connectivity index (χ4v) is 3.27. The normalized spacial score (nSPS) is 17.0. The first-order valence-electron chi connectivity index (χ1n) is 8.68. The third-order valence-electron chi connectivity index (χ3n) is 4.75. The Kier molecular flexibility index (Phi) is 6.79. The standard InChI is InChI=1S/C19H28N2O3/c1-15(19(23)24)13-20(2)14-18(22)21-10-8-17(9-11-21)12-16-6-4-3-5-7-16/h3-7,15,17H,8-14H2,1-2H3,(H,23,24). The first-order chi connectivity index (χ1) is 11.5. The molecule has 0 aliphatic carbocycles. The van der Waals surface area contributed by atoms with Crippen LogP contribution in [-0.2, 0) is 16.0 Å². The molecule has 1 heterocycles. The number of likely N-dealkylation sites (N-methyl/N-ethyl adjacent to an activating group) is 1. The maximum absolute atomic E-state index is 12.4. The number of carbonyl (C=O) groups excluding carboxylic acids is 1. The predicted molar refractivity (Wildman–Crippen MR) is 93.7 cm³/mol. The minimum Gasteiger partial charge on any atom is -0.481 e. The van der Waals surface area contributed by atoms with Crippen LogP contribution in [0.2, 0.25) is 0 Å². The van der Waals surface area contributed by atoms with E-state index in [1.165, 1.54) is 5.56 Å². The molecule has 2 rings (SSSR count). The largest absolute Gasteiger partial charge is 0.481 e. The van der Waals surface area contributed by atoms with Crippen molar-refractivity contribution in [2.75, 3.05) is 33.2 Å². The van der Waals surface area contributed by atoms with Gasteiger partial charge in [0.05, 0.1) is 12.5 Å². The van der Waals surface area contributed by atoms with Crippen molar-refractivity contribution >= 4 is 11.9 Å². The van der Waals surface area contributed by atoms with Gasteiger partial charge in [-0.15, -0.1) is 0 Å². The second-order valence-corrected chi connectivity index (χ2v) is 6.95. The molecule has 1 aromatic carbocycles. The summed E-state index contributed by atoms with van der Waals surface area (Å²) in [5.41, 5.74) is 1.37. The second kappa shape index (κ2) is 8.83. The quantitative estimate of drug-likeness (QED) is 0.831. The van der Waals surface area contributed by atoms with Crippen LogP contribution in [0, 0.1) is 11.8 Å². The number of carboxylic acid groups (broad SMARTS) is 1. The highest BCUT2D eigenvalue weighted by atomic mass is 16.4. The highest BCUT2D eigenvalue weighted by Crippen LogP contribution is 2.21. The number of carbonyl (C=O) groups is 2. The molecule has 0 aromatic heterocycles. The Hall–Kier alpha value is -1.88. The minimum absolute atomic E-state index is 0.105. The van der Waals surface area contributed by atoms with Crippen LogP contribution in [0.1, 0.15) is 25.3 Å². The molecule has 5 nitrogen and oxygen atoms in total. The van der Waals surface area contributed by atoms with Gasteiger partial charge in [0.25, 0.3) is 0 Å². The molecule has 5 heteroatoms. The summed E-state index contributed by atoms with van der Waals surface area (Å²) in [6.07, 6.45) is 3.16. The summed E-state index contributed by atoms with van der Waals surface area (Å²) < 4.78 is 0. The summed E-state index contributed by atoms with van der Waals surface area (Å²) in [6.45, 7) is 3.96. The molecule has 0 bridgehead atoms. The molecule has 0 spiro atoms. The average molecular weight is 332 g/mol. The van der Waals surface area contributed by atoms with Gasteiger partial charge in [0.2, 0.25) is 5.91 Å². The molecule has 1 unspecified atom stereocenters. The number of hydrogen-bond acceptors (Lipinski definition) is 3. The van der Waals surface area contributed by atoms with Crippen LogP contribution in [0.15, 0.2) is 30.3 Å². The van der Waals surface area contributed by atoms with Crippen molar-refractivity contribution in [1.82, 2.24) is 9.80 Å². The zero-order valence-electron chi connectivity index (χ0n) is 14.6. The summed E-state index contributed by atoms with van der Waals surface area (Å²) in [6, 6.07) is 10.5. The van der Waals surface area contributed by atoms with Crippen LogP contribution in [0.3, 0.4) is 0 Å². The van der Waals surface area contributed by atoms with E-state index in [1.54, 1.807) is 18.9 Å².